The van der Waals surface area contributed by atoms with Gasteiger partial charge in [0.15, 0.2) is 0 Å². The Morgan fingerprint density at radius 3 is 2.69 bits per heavy atom. The van der Waals surface area contributed by atoms with Crippen molar-refractivity contribution in [1.29, 1.82) is 0 Å². The number of hydrogen-bond acceptors (Lipinski definition) is 2. The van der Waals surface area contributed by atoms with Gasteiger partial charge < -0.3 is 10.6 Å². The van der Waals surface area contributed by atoms with Crippen molar-refractivity contribution in [3.63, 3.8) is 0 Å². The second-order valence-electron chi connectivity index (χ2n) is 5.04. The first-order valence-corrected chi connectivity index (χ1v) is 6.26. The molecule has 4 nitrogen and oxygen atoms in total. The fourth-order valence-electron chi connectivity index (χ4n) is 2.62. The van der Waals surface area contributed by atoms with E-state index in [0.29, 0.717) is 24.8 Å². The summed E-state index contributed by atoms with van der Waals surface area (Å²) in [6.07, 6.45) is 5.87. The van der Waals surface area contributed by atoms with Crippen molar-refractivity contribution in [3.8, 4) is 0 Å². The molecule has 0 spiro atoms. The van der Waals surface area contributed by atoms with Gasteiger partial charge in [-0.05, 0) is 25.2 Å². The highest BCUT2D eigenvalue weighted by Crippen LogP contribution is 2.24. The minimum atomic E-state index is -0.290. The van der Waals surface area contributed by atoms with Crippen LogP contribution in [-0.2, 0) is 9.59 Å². The minimum Gasteiger partial charge on any atom is -0.351 e. The van der Waals surface area contributed by atoms with E-state index in [2.05, 4.69) is 17.6 Å². The third kappa shape index (κ3) is 2.54. The monoisotopic (exact) mass is 224 g/mol. The second-order valence-corrected chi connectivity index (χ2v) is 5.04. The van der Waals surface area contributed by atoms with E-state index in [1.807, 2.05) is 0 Å². The van der Waals surface area contributed by atoms with E-state index in [1.54, 1.807) is 0 Å². The molecule has 3 atom stereocenters. The van der Waals surface area contributed by atoms with Crippen LogP contribution in [0.4, 0.5) is 0 Å². The molecule has 90 valence electrons. The lowest BCUT2D eigenvalue weighted by molar-refractivity contribution is -0.126. The standard InChI is InChI=1S/C12H20N2O2/c1-8-4-2-3-5-9(8)14-12(16)10-6-7-11(15)13-10/h8-10H,2-7H2,1H3,(H,13,15)(H,14,16)/t8-,9-,10+/m1/s1. The Balaban J connectivity index is 1.84. The van der Waals surface area contributed by atoms with Crippen LogP contribution in [0.25, 0.3) is 0 Å². The number of amides is 2. The predicted molar refractivity (Wildman–Crippen MR) is 60.7 cm³/mol. The summed E-state index contributed by atoms with van der Waals surface area (Å²) in [4.78, 5) is 22.9. The SMILES string of the molecule is C[C@@H]1CCCC[C@H]1NC(=O)[C@@H]1CCC(=O)N1. The van der Waals surface area contributed by atoms with E-state index in [4.69, 9.17) is 0 Å². The molecule has 0 aromatic heterocycles. The summed E-state index contributed by atoms with van der Waals surface area (Å²) in [5, 5.41) is 5.78. The van der Waals surface area contributed by atoms with Gasteiger partial charge in [-0.2, -0.15) is 0 Å². The molecule has 1 aliphatic carbocycles. The van der Waals surface area contributed by atoms with Gasteiger partial charge in [-0.3, -0.25) is 9.59 Å². The van der Waals surface area contributed by atoms with Gasteiger partial charge in [-0.1, -0.05) is 19.8 Å². The van der Waals surface area contributed by atoms with Gasteiger partial charge in [-0.25, -0.2) is 0 Å². The summed E-state index contributed by atoms with van der Waals surface area (Å²) < 4.78 is 0. The molecule has 0 unspecified atom stereocenters. The van der Waals surface area contributed by atoms with Gasteiger partial charge in [0.1, 0.15) is 6.04 Å². The molecule has 1 saturated heterocycles. The van der Waals surface area contributed by atoms with Crippen LogP contribution >= 0.6 is 0 Å². The average molecular weight is 224 g/mol. The molecule has 0 radical (unpaired) electrons. The smallest absolute Gasteiger partial charge is 0.242 e. The maximum absolute atomic E-state index is 11.9. The molecular formula is C12H20N2O2. The van der Waals surface area contributed by atoms with Crippen molar-refractivity contribution < 1.29 is 9.59 Å². The van der Waals surface area contributed by atoms with Crippen molar-refractivity contribution in [1.82, 2.24) is 10.6 Å². The van der Waals surface area contributed by atoms with E-state index in [0.717, 1.165) is 6.42 Å². The number of nitrogens with one attached hydrogen (secondary N) is 2. The molecule has 1 heterocycles. The lowest BCUT2D eigenvalue weighted by Gasteiger charge is -2.30. The van der Waals surface area contributed by atoms with Crippen molar-refractivity contribution in [2.75, 3.05) is 0 Å². The first kappa shape index (κ1) is 11.4. The Hall–Kier alpha value is -1.06. The third-order valence-electron chi connectivity index (χ3n) is 3.75. The van der Waals surface area contributed by atoms with Crippen LogP contribution in [0.3, 0.4) is 0 Å². The Bertz CT molecular complexity index is 291. The summed E-state index contributed by atoms with van der Waals surface area (Å²) >= 11 is 0. The van der Waals surface area contributed by atoms with Gasteiger partial charge in [0, 0.05) is 12.5 Å². The van der Waals surface area contributed by atoms with Crippen LogP contribution in [-0.4, -0.2) is 23.9 Å². The molecule has 0 aromatic carbocycles. The van der Waals surface area contributed by atoms with Crippen LogP contribution in [0.15, 0.2) is 0 Å². The fraction of sp³-hybridized carbons (Fsp3) is 0.833. The zero-order valence-corrected chi connectivity index (χ0v) is 9.79. The van der Waals surface area contributed by atoms with Crippen LogP contribution < -0.4 is 10.6 Å². The Morgan fingerprint density at radius 2 is 2.06 bits per heavy atom. The maximum atomic E-state index is 11.9. The summed E-state index contributed by atoms with van der Waals surface area (Å²) in [5.41, 5.74) is 0. The largest absolute Gasteiger partial charge is 0.351 e. The van der Waals surface area contributed by atoms with Gasteiger partial charge in [0.2, 0.25) is 11.8 Å². The lowest BCUT2D eigenvalue weighted by atomic mass is 9.86. The van der Waals surface area contributed by atoms with Gasteiger partial charge in [-0.15, -0.1) is 0 Å². The molecule has 0 bridgehead atoms. The minimum absolute atomic E-state index is 0.00292. The van der Waals surface area contributed by atoms with Gasteiger partial charge in [0.05, 0.1) is 0 Å². The van der Waals surface area contributed by atoms with Crippen molar-refractivity contribution in [2.24, 2.45) is 5.92 Å². The lowest BCUT2D eigenvalue weighted by Crippen LogP contribution is -2.48. The van der Waals surface area contributed by atoms with Crippen LogP contribution in [0.5, 0.6) is 0 Å². The third-order valence-corrected chi connectivity index (χ3v) is 3.75. The van der Waals surface area contributed by atoms with E-state index in [1.165, 1.54) is 19.3 Å². The normalized spacial score (nSPS) is 34.6. The molecule has 0 aromatic rings. The highest BCUT2D eigenvalue weighted by molar-refractivity contribution is 5.90. The first-order valence-electron chi connectivity index (χ1n) is 6.26. The molecule has 16 heavy (non-hydrogen) atoms. The van der Waals surface area contributed by atoms with Crippen molar-refractivity contribution >= 4 is 11.8 Å². The number of carbonyl (C=O) groups excluding carboxylic acids is 2. The zero-order valence-electron chi connectivity index (χ0n) is 9.79. The molecular weight excluding hydrogens is 204 g/mol. The van der Waals surface area contributed by atoms with Gasteiger partial charge in [0.25, 0.3) is 0 Å². The van der Waals surface area contributed by atoms with Crippen molar-refractivity contribution in [2.45, 2.75) is 57.5 Å². The maximum Gasteiger partial charge on any atom is 0.242 e. The van der Waals surface area contributed by atoms with E-state index >= 15 is 0 Å². The fourth-order valence-corrected chi connectivity index (χ4v) is 2.62. The van der Waals surface area contributed by atoms with Crippen molar-refractivity contribution in [3.05, 3.63) is 0 Å². The Kier molecular flexibility index (Phi) is 3.46. The molecule has 2 amide bonds. The van der Waals surface area contributed by atoms with Crippen LogP contribution in [0.2, 0.25) is 0 Å². The second kappa shape index (κ2) is 4.85. The predicted octanol–water partition coefficient (Wildman–Crippen LogP) is 0.960. The Morgan fingerprint density at radius 1 is 1.31 bits per heavy atom. The first-order chi connectivity index (χ1) is 7.66. The number of carbonyl (C=O) groups is 2. The molecule has 1 saturated carbocycles. The Labute approximate surface area is 96.2 Å². The topological polar surface area (TPSA) is 58.2 Å². The summed E-state index contributed by atoms with van der Waals surface area (Å²) in [7, 11) is 0. The molecule has 2 fully saturated rings. The number of rotatable bonds is 2. The summed E-state index contributed by atoms with van der Waals surface area (Å²) in [6, 6.07) is 0.0142. The molecule has 4 heteroatoms. The average Bonchev–Trinajstić information content (AvgIpc) is 2.68. The zero-order chi connectivity index (χ0) is 11.5. The van der Waals surface area contributed by atoms with E-state index in [-0.39, 0.29) is 17.9 Å². The highest BCUT2D eigenvalue weighted by Gasteiger charge is 2.30. The quantitative estimate of drug-likeness (QED) is 0.734. The van der Waals surface area contributed by atoms with Gasteiger partial charge >= 0.3 is 0 Å². The highest BCUT2D eigenvalue weighted by atomic mass is 16.2. The molecule has 2 N–H and O–H groups in total. The molecule has 2 rings (SSSR count). The molecule has 1 aliphatic heterocycles. The van der Waals surface area contributed by atoms with E-state index < -0.39 is 0 Å². The summed E-state index contributed by atoms with van der Waals surface area (Å²) in [6.45, 7) is 2.19. The summed E-state index contributed by atoms with van der Waals surface area (Å²) in [5.74, 6) is 0.566. The molecule has 2 aliphatic rings. The number of hydrogen-bond donors (Lipinski definition) is 2. The van der Waals surface area contributed by atoms with Crippen LogP contribution in [0, 0.1) is 5.92 Å². The van der Waals surface area contributed by atoms with E-state index in [9.17, 15) is 9.59 Å². The van der Waals surface area contributed by atoms with Crippen LogP contribution in [0.1, 0.15) is 45.4 Å².